The number of nitrogens with one attached hydrogen (secondary N) is 1. The smallest absolute Gasteiger partial charge is 0.256 e. The summed E-state index contributed by atoms with van der Waals surface area (Å²) in [6.45, 7) is 1.92. The van der Waals surface area contributed by atoms with Gasteiger partial charge in [0.15, 0.2) is 0 Å². The second-order valence-corrected chi connectivity index (χ2v) is 5.14. The highest BCUT2D eigenvalue weighted by molar-refractivity contribution is 9.10. The lowest BCUT2D eigenvalue weighted by Gasteiger charge is -2.10. The summed E-state index contributed by atoms with van der Waals surface area (Å²) in [6.07, 6.45) is 0. The van der Waals surface area contributed by atoms with Gasteiger partial charge in [0, 0.05) is 11.4 Å². The third-order valence-corrected chi connectivity index (χ3v) is 3.81. The van der Waals surface area contributed by atoms with Crippen LogP contribution in [-0.2, 0) is 0 Å². The number of carbonyl (C=O) groups is 1. The summed E-state index contributed by atoms with van der Waals surface area (Å²) in [7, 11) is 1.62. The van der Waals surface area contributed by atoms with Crippen molar-refractivity contribution in [1.82, 2.24) is 0 Å². The molecule has 0 heterocycles. The van der Waals surface area contributed by atoms with Crippen LogP contribution in [0.5, 0.6) is 5.75 Å². The second kappa shape index (κ2) is 5.96. The number of rotatable bonds is 3. The van der Waals surface area contributed by atoms with Crippen molar-refractivity contribution in [2.24, 2.45) is 0 Å². The molecule has 5 heteroatoms. The summed E-state index contributed by atoms with van der Waals surface area (Å²) < 4.78 is 5.79. The van der Waals surface area contributed by atoms with Crippen LogP contribution in [0.25, 0.3) is 0 Å². The highest BCUT2D eigenvalue weighted by atomic mass is 79.9. The predicted octanol–water partition coefficient (Wildman–Crippen LogP) is 3.60. The van der Waals surface area contributed by atoms with E-state index in [-0.39, 0.29) is 5.91 Å². The summed E-state index contributed by atoms with van der Waals surface area (Å²) in [5.74, 6) is 0.571. The maximum atomic E-state index is 12.2. The molecule has 2 rings (SSSR count). The molecule has 4 nitrogen and oxygen atoms in total. The molecule has 0 aliphatic rings. The van der Waals surface area contributed by atoms with Gasteiger partial charge in [0.25, 0.3) is 5.91 Å². The fourth-order valence-corrected chi connectivity index (χ4v) is 2.32. The molecule has 0 saturated heterocycles. The second-order valence-electron chi connectivity index (χ2n) is 4.35. The molecular formula is C15H15BrN2O2. The minimum absolute atomic E-state index is 0.214. The standard InChI is InChI=1S/C15H15BrN2O2/c1-9-8-10(6-7-13(9)20-2)18-15(19)11-4-3-5-12(17)14(11)16/h3-8H,17H2,1-2H3,(H,18,19). The van der Waals surface area contributed by atoms with Crippen molar-refractivity contribution in [3.63, 3.8) is 0 Å². The molecule has 0 bridgehead atoms. The number of nitrogens with two attached hydrogens (primary N) is 1. The molecule has 104 valence electrons. The van der Waals surface area contributed by atoms with Crippen LogP contribution >= 0.6 is 15.9 Å². The van der Waals surface area contributed by atoms with E-state index in [0.29, 0.717) is 21.4 Å². The van der Waals surface area contributed by atoms with Gasteiger partial charge >= 0.3 is 0 Å². The maximum absolute atomic E-state index is 12.2. The van der Waals surface area contributed by atoms with E-state index >= 15 is 0 Å². The normalized spacial score (nSPS) is 10.2. The van der Waals surface area contributed by atoms with Gasteiger partial charge in [-0.2, -0.15) is 0 Å². The molecule has 0 atom stereocenters. The lowest BCUT2D eigenvalue weighted by molar-refractivity contribution is 0.102. The molecule has 0 unspecified atom stereocenters. The van der Waals surface area contributed by atoms with Crippen molar-refractivity contribution in [3.05, 3.63) is 52.0 Å². The fraction of sp³-hybridized carbons (Fsp3) is 0.133. The van der Waals surface area contributed by atoms with Gasteiger partial charge in [0.2, 0.25) is 0 Å². The van der Waals surface area contributed by atoms with Gasteiger partial charge in [-0.05, 0) is 58.7 Å². The summed E-state index contributed by atoms with van der Waals surface area (Å²) in [6, 6.07) is 10.7. The predicted molar refractivity (Wildman–Crippen MR) is 84.2 cm³/mol. The van der Waals surface area contributed by atoms with Crippen LogP contribution in [0, 0.1) is 6.92 Å². The third kappa shape index (κ3) is 2.93. The molecule has 0 aromatic heterocycles. The Bertz CT molecular complexity index is 656. The van der Waals surface area contributed by atoms with Crippen molar-refractivity contribution in [1.29, 1.82) is 0 Å². The Morgan fingerprint density at radius 2 is 2.05 bits per heavy atom. The number of hydrogen-bond donors (Lipinski definition) is 2. The molecule has 0 spiro atoms. The summed E-state index contributed by atoms with van der Waals surface area (Å²) in [5.41, 5.74) is 8.47. The summed E-state index contributed by atoms with van der Waals surface area (Å²) in [5, 5.41) is 2.84. The van der Waals surface area contributed by atoms with Crippen molar-refractivity contribution in [3.8, 4) is 5.75 Å². The molecule has 0 fully saturated rings. The molecule has 0 saturated carbocycles. The number of amides is 1. The number of halogens is 1. The number of nitrogen functional groups attached to an aromatic ring is 1. The molecule has 1 amide bonds. The zero-order chi connectivity index (χ0) is 14.7. The van der Waals surface area contributed by atoms with E-state index in [1.54, 1.807) is 31.4 Å². The van der Waals surface area contributed by atoms with Gasteiger partial charge in [-0.3, -0.25) is 4.79 Å². The molecule has 0 aliphatic heterocycles. The highest BCUT2D eigenvalue weighted by Gasteiger charge is 2.12. The van der Waals surface area contributed by atoms with Crippen molar-refractivity contribution in [2.45, 2.75) is 6.92 Å². The molecular weight excluding hydrogens is 320 g/mol. The Labute approximate surface area is 126 Å². The first kappa shape index (κ1) is 14.4. The average Bonchev–Trinajstić information content (AvgIpc) is 2.42. The number of benzene rings is 2. The SMILES string of the molecule is COc1ccc(NC(=O)c2cccc(N)c2Br)cc1C. The molecule has 3 N–H and O–H groups in total. The van der Waals surface area contributed by atoms with Gasteiger partial charge in [0.1, 0.15) is 5.75 Å². The van der Waals surface area contributed by atoms with Crippen molar-refractivity contribution in [2.75, 3.05) is 18.2 Å². The lowest BCUT2D eigenvalue weighted by atomic mass is 10.1. The fourth-order valence-electron chi connectivity index (χ4n) is 1.88. The Morgan fingerprint density at radius 3 is 2.70 bits per heavy atom. The van der Waals surface area contributed by atoms with Crippen LogP contribution < -0.4 is 15.8 Å². The van der Waals surface area contributed by atoms with E-state index in [2.05, 4.69) is 21.2 Å². The van der Waals surface area contributed by atoms with Crippen LogP contribution in [0.4, 0.5) is 11.4 Å². The van der Waals surface area contributed by atoms with E-state index in [4.69, 9.17) is 10.5 Å². The van der Waals surface area contributed by atoms with Crippen molar-refractivity contribution < 1.29 is 9.53 Å². The first-order valence-corrected chi connectivity index (χ1v) is 6.82. The largest absolute Gasteiger partial charge is 0.496 e. The Kier molecular flexibility index (Phi) is 4.29. The van der Waals surface area contributed by atoms with Crippen LogP contribution in [0.15, 0.2) is 40.9 Å². The topological polar surface area (TPSA) is 64.3 Å². The Balaban J connectivity index is 2.24. The van der Waals surface area contributed by atoms with Crippen LogP contribution in [0.2, 0.25) is 0 Å². The number of methoxy groups -OCH3 is 1. The molecule has 2 aromatic carbocycles. The Hall–Kier alpha value is -2.01. The van der Waals surface area contributed by atoms with E-state index in [1.807, 2.05) is 19.1 Å². The first-order valence-electron chi connectivity index (χ1n) is 6.03. The van der Waals surface area contributed by atoms with E-state index in [9.17, 15) is 4.79 Å². The quantitative estimate of drug-likeness (QED) is 0.843. The van der Waals surface area contributed by atoms with Crippen LogP contribution in [-0.4, -0.2) is 13.0 Å². The lowest BCUT2D eigenvalue weighted by Crippen LogP contribution is -2.13. The van der Waals surface area contributed by atoms with Gasteiger partial charge in [0.05, 0.1) is 17.1 Å². The monoisotopic (exact) mass is 334 g/mol. The van der Waals surface area contributed by atoms with Gasteiger partial charge < -0.3 is 15.8 Å². The zero-order valence-corrected chi connectivity index (χ0v) is 12.8. The maximum Gasteiger partial charge on any atom is 0.256 e. The van der Waals surface area contributed by atoms with Gasteiger partial charge in [-0.15, -0.1) is 0 Å². The summed E-state index contributed by atoms with van der Waals surface area (Å²) in [4.78, 5) is 12.2. The van der Waals surface area contributed by atoms with Gasteiger partial charge in [-0.1, -0.05) is 6.07 Å². The number of aryl methyl sites for hydroxylation is 1. The zero-order valence-electron chi connectivity index (χ0n) is 11.2. The van der Waals surface area contributed by atoms with E-state index in [0.717, 1.165) is 11.3 Å². The molecule has 0 aliphatic carbocycles. The van der Waals surface area contributed by atoms with Crippen molar-refractivity contribution >= 4 is 33.2 Å². The highest BCUT2D eigenvalue weighted by Crippen LogP contribution is 2.26. The third-order valence-electron chi connectivity index (χ3n) is 2.93. The number of ether oxygens (including phenoxy) is 1. The van der Waals surface area contributed by atoms with E-state index < -0.39 is 0 Å². The molecule has 0 radical (unpaired) electrons. The summed E-state index contributed by atoms with van der Waals surface area (Å²) >= 11 is 3.33. The van der Waals surface area contributed by atoms with Gasteiger partial charge in [-0.25, -0.2) is 0 Å². The van der Waals surface area contributed by atoms with Crippen LogP contribution in [0.3, 0.4) is 0 Å². The minimum atomic E-state index is -0.214. The van der Waals surface area contributed by atoms with E-state index in [1.165, 1.54) is 0 Å². The minimum Gasteiger partial charge on any atom is -0.496 e. The first-order chi connectivity index (χ1) is 9.52. The average molecular weight is 335 g/mol. The van der Waals surface area contributed by atoms with Crippen LogP contribution in [0.1, 0.15) is 15.9 Å². The molecule has 2 aromatic rings. The Morgan fingerprint density at radius 1 is 1.30 bits per heavy atom. The number of anilines is 2. The number of hydrogen-bond acceptors (Lipinski definition) is 3. The number of carbonyl (C=O) groups excluding carboxylic acids is 1. The molecule has 20 heavy (non-hydrogen) atoms.